The summed E-state index contributed by atoms with van der Waals surface area (Å²) in [6, 6.07) is 3.80. The lowest BCUT2D eigenvalue weighted by Gasteiger charge is -1.94. The van der Waals surface area contributed by atoms with Gasteiger partial charge < -0.3 is 0 Å². The lowest BCUT2D eigenvalue weighted by atomic mass is 10.3. The highest BCUT2D eigenvalue weighted by atomic mass is 127. The Labute approximate surface area is 85.9 Å². The second-order valence-electron chi connectivity index (χ2n) is 1.58. The fraction of sp³-hybridized carbons (Fsp3) is 0. The van der Waals surface area contributed by atoms with E-state index < -0.39 is 0 Å². The molecule has 0 aliphatic carbocycles. The van der Waals surface area contributed by atoms with E-state index >= 15 is 0 Å². The molecule has 1 aromatic rings. The van der Waals surface area contributed by atoms with Gasteiger partial charge in [-0.3, -0.25) is 0 Å². The van der Waals surface area contributed by atoms with Gasteiger partial charge in [0, 0.05) is 6.20 Å². The second kappa shape index (κ2) is 3.48. The molecular weight excluding hydrogens is 354 g/mol. The first kappa shape index (κ1) is 8.20. The Balaban J connectivity index is 3.31. The normalized spacial score (nSPS) is 8.90. The summed E-state index contributed by atoms with van der Waals surface area (Å²) in [5.74, 6) is 0. The molecule has 10 heavy (non-hydrogen) atoms. The molecule has 0 radical (unpaired) electrons. The molecule has 0 fully saturated rings. The summed E-state index contributed by atoms with van der Waals surface area (Å²) in [6.07, 6.45) is 1.64. The van der Waals surface area contributed by atoms with Crippen molar-refractivity contribution in [3.63, 3.8) is 0 Å². The van der Waals surface area contributed by atoms with Crippen molar-refractivity contribution < 1.29 is 0 Å². The number of aromatic nitrogens is 1. The van der Waals surface area contributed by atoms with Crippen LogP contribution >= 0.6 is 45.2 Å². The standard InChI is InChI=1S/C6H2I2N2/c7-5-4(3-9)1-2-10-6(5)8/h1-2H. The molecule has 0 saturated carbocycles. The monoisotopic (exact) mass is 356 g/mol. The van der Waals surface area contributed by atoms with Crippen LogP contribution in [0.5, 0.6) is 0 Å². The Morgan fingerprint density at radius 2 is 2.20 bits per heavy atom. The highest BCUT2D eigenvalue weighted by Gasteiger charge is 2.01. The van der Waals surface area contributed by atoms with Gasteiger partial charge in [-0.05, 0) is 51.2 Å². The maximum absolute atomic E-state index is 8.56. The van der Waals surface area contributed by atoms with Crippen molar-refractivity contribution in [2.24, 2.45) is 0 Å². The summed E-state index contributed by atoms with van der Waals surface area (Å²) < 4.78 is 1.82. The van der Waals surface area contributed by atoms with Crippen LogP contribution < -0.4 is 0 Å². The van der Waals surface area contributed by atoms with E-state index in [1.54, 1.807) is 12.3 Å². The van der Waals surface area contributed by atoms with Gasteiger partial charge in [0.05, 0.1) is 9.13 Å². The molecule has 4 heteroatoms. The van der Waals surface area contributed by atoms with E-state index in [4.69, 9.17) is 5.26 Å². The Bertz CT molecular complexity index is 290. The van der Waals surface area contributed by atoms with Crippen LogP contribution in [-0.4, -0.2) is 4.98 Å². The van der Waals surface area contributed by atoms with Crippen molar-refractivity contribution in [2.45, 2.75) is 0 Å². The van der Waals surface area contributed by atoms with Crippen molar-refractivity contribution in [2.75, 3.05) is 0 Å². The van der Waals surface area contributed by atoms with Gasteiger partial charge in [-0.2, -0.15) is 5.26 Å². The summed E-state index contributed by atoms with van der Waals surface area (Å²) in [5, 5.41) is 8.56. The van der Waals surface area contributed by atoms with Gasteiger partial charge in [-0.15, -0.1) is 0 Å². The van der Waals surface area contributed by atoms with Crippen molar-refractivity contribution in [3.05, 3.63) is 25.1 Å². The van der Waals surface area contributed by atoms with Crippen LogP contribution in [0, 0.1) is 18.6 Å². The molecule has 0 bridgehead atoms. The first-order valence-corrected chi connectivity index (χ1v) is 4.61. The Kier molecular flexibility index (Phi) is 2.85. The van der Waals surface area contributed by atoms with Crippen LogP contribution in [0.25, 0.3) is 0 Å². The smallest absolute Gasteiger partial charge is 0.115 e. The Hall–Kier alpha value is 0.100. The fourth-order valence-electron chi connectivity index (χ4n) is 0.505. The molecule has 1 heterocycles. The van der Waals surface area contributed by atoms with E-state index in [2.05, 4.69) is 56.2 Å². The predicted molar refractivity (Wildman–Crippen MR) is 54.4 cm³/mol. The zero-order valence-electron chi connectivity index (χ0n) is 4.81. The molecule has 0 atom stereocenters. The SMILES string of the molecule is N#Cc1ccnc(I)c1I. The number of nitriles is 1. The zero-order valence-corrected chi connectivity index (χ0v) is 9.12. The summed E-state index contributed by atoms with van der Waals surface area (Å²) in [6.45, 7) is 0. The van der Waals surface area contributed by atoms with Crippen LogP contribution in [0.2, 0.25) is 0 Å². The van der Waals surface area contributed by atoms with Gasteiger partial charge in [0.1, 0.15) is 9.77 Å². The van der Waals surface area contributed by atoms with E-state index in [0.29, 0.717) is 5.56 Å². The molecule has 1 aromatic heterocycles. The third-order valence-corrected chi connectivity index (χ3v) is 3.91. The zero-order chi connectivity index (χ0) is 7.56. The quantitative estimate of drug-likeness (QED) is 0.528. The molecule has 0 N–H and O–H groups in total. The van der Waals surface area contributed by atoms with Gasteiger partial charge in [0.25, 0.3) is 0 Å². The summed E-state index contributed by atoms with van der Waals surface area (Å²) in [7, 11) is 0. The molecule has 0 amide bonds. The number of halogens is 2. The van der Waals surface area contributed by atoms with Crippen molar-refractivity contribution in [1.29, 1.82) is 5.26 Å². The molecule has 0 unspecified atom stereocenters. The minimum atomic E-state index is 0.694. The highest BCUT2D eigenvalue weighted by Crippen LogP contribution is 2.15. The molecule has 0 aliphatic rings. The topological polar surface area (TPSA) is 36.7 Å². The van der Waals surface area contributed by atoms with Gasteiger partial charge in [0.2, 0.25) is 0 Å². The van der Waals surface area contributed by atoms with Crippen LogP contribution in [0.4, 0.5) is 0 Å². The first-order chi connectivity index (χ1) is 4.75. The predicted octanol–water partition coefficient (Wildman–Crippen LogP) is 2.16. The van der Waals surface area contributed by atoms with Gasteiger partial charge >= 0.3 is 0 Å². The molecule has 0 saturated heterocycles. The first-order valence-electron chi connectivity index (χ1n) is 2.46. The van der Waals surface area contributed by atoms with Gasteiger partial charge in [-0.1, -0.05) is 0 Å². The van der Waals surface area contributed by atoms with Crippen LogP contribution in [0.1, 0.15) is 5.56 Å². The van der Waals surface area contributed by atoms with Gasteiger partial charge in [0.15, 0.2) is 0 Å². The molecule has 2 nitrogen and oxygen atoms in total. The largest absolute Gasteiger partial charge is 0.249 e. The number of nitrogens with zero attached hydrogens (tertiary/aromatic N) is 2. The number of hydrogen-bond acceptors (Lipinski definition) is 2. The van der Waals surface area contributed by atoms with Crippen molar-refractivity contribution in [3.8, 4) is 6.07 Å². The van der Waals surface area contributed by atoms with Crippen LogP contribution in [-0.2, 0) is 0 Å². The third-order valence-electron chi connectivity index (χ3n) is 0.967. The highest BCUT2D eigenvalue weighted by molar-refractivity contribution is 14.1. The maximum atomic E-state index is 8.56. The minimum absolute atomic E-state index is 0.694. The van der Waals surface area contributed by atoms with Gasteiger partial charge in [-0.25, -0.2) is 4.98 Å². The molecule has 0 aliphatic heterocycles. The fourth-order valence-corrected chi connectivity index (χ4v) is 1.40. The second-order valence-corrected chi connectivity index (χ2v) is 3.68. The summed E-state index contributed by atoms with van der Waals surface area (Å²) >= 11 is 4.22. The van der Waals surface area contributed by atoms with E-state index in [1.165, 1.54) is 0 Å². The molecule has 50 valence electrons. The van der Waals surface area contributed by atoms with E-state index in [-0.39, 0.29) is 0 Å². The number of rotatable bonds is 0. The average molecular weight is 356 g/mol. The molecule has 0 aromatic carbocycles. The summed E-state index contributed by atoms with van der Waals surface area (Å²) in [5.41, 5.74) is 0.694. The Morgan fingerprint density at radius 3 is 2.70 bits per heavy atom. The third kappa shape index (κ3) is 1.58. The minimum Gasteiger partial charge on any atom is -0.249 e. The molecule has 1 rings (SSSR count). The molecule has 0 spiro atoms. The van der Waals surface area contributed by atoms with Crippen LogP contribution in [0.15, 0.2) is 12.3 Å². The maximum Gasteiger partial charge on any atom is 0.115 e. The van der Waals surface area contributed by atoms with Crippen LogP contribution in [0.3, 0.4) is 0 Å². The number of pyridine rings is 1. The Morgan fingerprint density at radius 1 is 1.50 bits per heavy atom. The van der Waals surface area contributed by atoms with Crippen molar-refractivity contribution in [1.82, 2.24) is 4.98 Å². The summed E-state index contributed by atoms with van der Waals surface area (Å²) in [4.78, 5) is 4.02. The number of hydrogen-bond donors (Lipinski definition) is 0. The van der Waals surface area contributed by atoms with E-state index in [9.17, 15) is 0 Å². The van der Waals surface area contributed by atoms with Crippen molar-refractivity contribution >= 4 is 45.2 Å². The molecular formula is C6H2I2N2. The van der Waals surface area contributed by atoms with E-state index in [1.807, 2.05) is 0 Å². The average Bonchev–Trinajstić information content (AvgIpc) is 1.95. The lowest BCUT2D eigenvalue weighted by molar-refractivity contribution is 1.23. The van der Waals surface area contributed by atoms with E-state index in [0.717, 1.165) is 7.27 Å². The lowest BCUT2D eigenvalue weighted by Crippen LogP contribution is -1.88.